The Morgan fingerprint density at radius 1 is 1.56 bits per heavy atom. The first-order valence-electron chi connectivity index (χ1n) is 6.33. The lowest BCUT2D eigenvalue weighted by molar-refractivity contribution is 0.00648. The number of aliphatic hydroxyl groups is 1. The maximum atomic E-state index is 13.1. The lowest BCUT2D eigenvalue weighted by atomic mass is 9.90. The summed E-state index contributed by atoms with van der Waals surface area (Å²) in [5.74, 6) is -0.262. The maximum Gasteiger partial charge on any atom is 0.123 e. The van der Waals surface area contributed by atoms with Gasteiger partial charge >= 0.3 is 0 Å². The van der Waals surface area contributed by atoms with Gasteiger partial charge in [0.25, 0.3) is 0 Å². The number of nitrogens with one attached hydrogen (secondary N) is 1. The molecule has 0 radical (unpaired) electrons. The van der Waals surface area contributed by atoms with E-state index in [-0.39, 0.29) is 11.9 Å². The fraction of sp³-hybridized carbons (Fsp3) is 0.571. The van der Waals surface area contributed by atoms with Gasteiger partial charge in [-0.2, -0.15) is 0 Å². The van der Waals surface area contributed by atoms with Crippen LogP contribution in [-0.4, -0.2) is 36.5 Å². The molecular formula is C14H20FNO2. The van der Waals surface area contributed by atoms with Gasteiger partial charge in [0.2, 0.25) is 0 Å². The van der Waals surface area contributed by atoms with Gasteiger partial charge in [-0.3, -0.25) is 0 Å². The average molecular weight is 253 g/mol. The SMILES string of the molecule is CC(O)(Cc1cccc(F)c1)CC1COCCN1. The van der Waals surface area contributed by atoms with Gasteiger partial charge in [0.15, 0.2) is 0 Å². The van der Waals surface area contributed by atoms with Crippen LogP contribution in [0, 0.1) is 5.82 Å². The third-order valence-electron chi connectivity index (χ3n) is 3.16. The van der Waals surface area contributed by atoms with E-state index >= 15 is 0 Å². The minimum absolute atomic E-state index is 0.169. The van der Waals surface area contributed by atoms with Crippen LogP contribution < -0.4 is 5.32 Å². The van der Waals surface area contributed by atoms with E-state index in [0.717, 1.165) is 18.7 Å². The molecule has 0 amide bonds. The molecule has 2 unspecified atom stereocenters. The van der Waals surface area contributed by atoms with Crippen LogP contribution in [-0.2, 0) is 11.2 Å². The maximum absolute atomic E-state index is 13.1. The van der Waals surface area contributed by atoms with Crippen LogP contribution in [0.15, 0.2) is 24.3 Å². The van der Waals surface area contributed by atoms with Crippen LogP contribution in [0.3, 0.4) is 0 Å². The van der Waals surface area contributed by atoms with Gasteiger partial charge in [-0.25, -0.2) is 4.39 Å². The van der Waals surface area contributed by atoms with Gasteiger partial charge in [-0.1, -0.05) is 12.1 Å². The third kappa shape index (κ3) is 4.05. The molecule has 0 aliphatic carbocycles. The molecule has 2 atom stereocenters. The van der Waals surface area contributed by atoms with Gasteiger partial charge in [0.05, 0.1) is 18.8 Å². The van der Waals surface area contributed by atoms with E-state index in [0.29, 0.717) is 19.4 Å². The van der Waals surface area contributed by atoms with Crippen molar-refractivity contribution in [1.82, 2.24) is 5.32 Å². The van der Waals surface area contributed by atoms with E-state index in [9.17, 15) is 9.50 Å². The summed E-state index contributed by atoms with van der Waals surface area (Å²) in [6, 6.07) is 6.56. The summed E-state index contributed by atoms with van der Waals surface area (Å²) in [6.07, 6.45) is 1.05. The Bertz CT molecular complexity index is 389. The molecule has 1 aromatic carbocycles. The highest BCUT2D eigenvalue weighted by Gasteiger charge is 2.27. The summed E-state index contributed by atoms with van der Waals surface area (Å²) in [7, 11) is 0. The minimum atomic E-state index is -0.855. The molecule has 1 saturated heterocycles. The highest BCUT2D eigenvalue weighted by molar-refractivity contribution is 5.18. The predicted octanol–water partition coefficient (Wildman–Crippen LogP) is 1.50. The van der Waals surface area contributed by atoms with Gasteiger partial charge in [0, 0.05) is 19.0 Å². The summed E-state index contributed by atoms with van der Waals surface area (Å²) in [4.78, 5) is 0. The second kappa shape index (κ2) is 5.78. The zero-order valence-electron chi connectivity index (χ0n) is 10.7. The first-order chi connectivity index (χ1) is 8.55. The Hall–Kier alpha value is -0.970. The molecule has 0 aromatic heterocycles. The molecule has 3 nitrogen and oxygen atoms in total. The summed E-state index contributed by atoms with van der Waals surface area (Å²) < 4.78 is 18.5. The van der Waals surface area contributed by atoms with E-state index < -0.39 is 5.60 Å². The summed E-state index contributed by atoms with van der Waals surface area (Å²) >= 11 is 0. The van der Waals surface area contributed by atoms with E-state index in [1.165, 1.54) is 12.1 Å². The molecule has 2 N–H and O–H groups in total. The fourth-order valence-corrected chi connectivity index (χ4v) is 2.44. The van der Waals surface area contributed by atoms with Crippen molar-refractivity contribution < 1.29 is 14.2 Å². The molecule has 0 spiro atoms. The first kappa shape index (κ1) is 13.5. The van der Waals surface area contributed by atoms with Crippen LogP contribution >= 0.6 is 0 Å². The molecular weight excluding hydrogens is 233 g/mol. The predicted molar refractivity (Wildman–Crippen MR) is 68.0 cm³/mol. The molecule has 2 rings (SSSR count). The third-order valence-corrected chi connectivity index (χ3v) is 3.16. The van der Waals surface area contributed by atoms with E-state index in [1.54, 1.807) is 13.0 Å². The highest BCUT2D eigenvalue weighted by Crippen LogP contribution is 2.20. The van der Waals surface area contributed by atoms with Gasteiger partial charge in [0.1, 0.15) is 5.82 Å². The lowest BCUT2D eigenvalue weighted by Gasteiger charge is -2.31. The molecule has 1 fully saturated rings. The average Bonchev–Trinajstić information content (AvgIpc) is 2.28. The standard InChI is InChI=1S/C14H20FNO2/c1-14(17,9-13-10-18-6-5-16-13)8-11-3-2-4-12(15)7-11/h2-4,7,13,16-17H,5-6,8-10H2,1H3. The van der Waals surface area contributed by atoms with Crippen molar-refractivity contribution in [1.29, 1.82) is 0 Å². The van der Waals surface area contributed by atoms with Crippen molar-refractivity contribution in [2.75, 3.05) is 19.8 Å². The molecule has 1 aromatic rings. The molecule has 100 valence electrons. The van der Waals surface area contributed by atoms with Gasteiger partial charge < -0.3 is 15.2 Å². The Balaban J connectivity index is 1.93. The van der Waals surface area contributed by atoms with Gasteiger partial charge in [-0.05, 0) is 31.0 Å². The monoisotopic (exact) mass is 253 g/mol. The molecule has 1 aliphatic heterocycles. The second-order valence-electron chi connectivity index (χ2n) is 5.23. The molecule has 1 heterocycles. The Morgan fingerprint density at radius 2 is 2.39 bits per heavy atom. The number of rotatable bonds is 4. The molecule has 1 aliphatic rings. The normalized spacial score (nSPS) is 23.6. The summed E-state index contributed by atoms with van der Waals surface area (Å²) in [5, 5.41) is 13.7. The number of halogens is 1. The van der Waals surface area contributed by atoms with Crippen LogP contribution in [0.5, 0.6) is 0 Å². The number of hydrogen-bond acceptors (Lipinski definition) is 3. The Morgan fingerprint density at radius 3 is 3.06 bits per heavy atom. The quantitative estimate of drug-likeness (QED) is 0.854. The van der Waals surface area contributed by atoms with E-state index in [1.807, 2.05) is 6.07 Å². The van der Waals surface area contributed by atoms with Crippen molar-refractivity contribution in [3.8, 4) is 0 Å². The molecule has 18 heavy (non-hydrogen) atoms. The summed E-state index contributed by atoms with van der Waals surface area (Å²) in [6.45, 7) is 3.96. The fourth-order valence-electron chi connectivity index (χ4n) is 2.44. The molecule has 0 saturated carbocycles. The van der Waals surface area contributed by atoms with Crippen molar-refractivity contribution in [3.63, 3.8) is 0 Å². The molecule has 4 heteroatoms. The van der Waals surface area contributed by atoms with E-state index in [2.05, 4.69) is 5.32 Å². The Kier molecular flexibility index (Phi) is 4.32. The van der Waals surface area contributed by atoms with Crippen molar-refractivity contribution >= 4 is 0 Å². The largest absolute Gasteiger partial charge is 0.390 e. The smallest absolute Gasteiger partial charge is 0.123 e. The topological polar surface area (TPSA) is 41.5 Å². The minimum Gasteiger partial charge on any atom is -0.390 e. The van der Waals surface area contributed by atoms with Crippen molar-refractivity contribution in [3.05, 3.63) is 35.6 Å². The van der Waals surface area contributed by atoms with Crippen LogP contribution in [0.4, 0.5) is 4.39 Å². The van der Waals surface area contributed by atoms with Crippen molar-refractivity contribution in [2.45, 2.75) is 31.4 Å². The van der Waals surface area contributed by atoms with E-state index in [4.69, 9.17) is 4.74 Å². The number of morpholine rings is 1. The van der Waals surface area contributed by atoms with Crippen LogP contribution in [0.1, 0.15) is 18.9 Å². The number of benzene rings is 1. The first-order valence-corrected chi connectivity index (χ1v) is 6.33. The molecule has 0 bridgehead atoms. The lowest BCUT2D eigenvalue weighted by Crippen LogP contribution is -2.46. The van der Waals surface area contributed by atoms with Crippen LogP contribution in [0.25, 0.3) is 0 Å². The van der Waals surface area contributed by atoms with Gasteiger partial charge in [-0.15, -0.1) is 0 Å². The van der Waals surface area contributed by atoms with Crippen LogP contribution in [0.2, 0.25) is 0 Å². The number of ether oxygens (including phenoxy) is 1. The zero-order valence-corrected chi connectivity index (χ0v) is 10.7. The number of hydrogen-bond donors (Lipinski definition) is 2. The Labute approximate surface area is 107 Å². The van der Waals surface area contributed by atoms with Crippen molar-refractivity contribution in [2.24, 2.45) is 0 Å². The zero-order chi connectivity index (χ0) is 13.0. The summed E-state index contributed by atoms with van der Waals surface area (Å²) in [5.41, 5.74) is -0.0386. The highest BCUT2D eigenvalue weighted by atomic mass is 19.1. The second-order valence-corrected chi connectivity index (χ2v) is 5.23.